The van der Waals surface area contributed by atoms with E-state index in [9.17, 15) is 0 Å². The maximum atomic E-state index is 2.42. The van der Waals surface area contributed by atoms with E-state index >= 15 is 0 Å². The summed E-state index contributed by atoms with van der Waals surface area (Å²) in [6.45, 7) is 2.42. The Labute approximate surface area is 57.6 Å². The summed E-state index contributed by atoms with van der Waals surface area (Å²) >= 11 is 0. The zero-order valence-corrected chi connectivity index (χ0v) is 6.27. The van der Waals surface area contributed by atoms with Crippen LogP contribution in [0, 0.1) is 17.8 Å². The quantitative estimate of drug-likeness (QED) is 0.466. The van der Waals surface area contributed by atoms with E-state index in [4.69, 9.17) is 0 Å². The maximum absolute atomic E-state index is 2.42. The highest BCUT2D eigenvalue weighted by molar-refractivity contribution is 4.88. The highest BCUT2D eigenvalue weighted by Gasteiger charge is 2.38. The average Bonchev–Trinajstić information content (AvgIpc) is 1.86. The Bertz CT molecular complexity index is 105. The Morgan fingerprint density at radius 1 is 1.11 bits per heavy atom. The summed E-state index contributed by atoms with van der Waals surface area (Å²) in [6, 6.07) is 0. The van der Waals surface area contributed by atoms with Gasteiger partial charge in [-0.25, -0.2) is 0 Å². The van der Waals surface area contributed by atoms with E-state index in [2.05, 4.69) is 6.92 Å². The summed E-state index contributed by atoms with van der Waals surface area (Å²) in [6.07, 6.45) is 7.69. The molecular weight excluding hydrogens is 108 g/mol. The predicted molar refractivity (Wildman–Crippen MR) is 39.2 cm³/mol. The second kappa shape index (κ2) is 2.00. The first-order valence-corrected chi connectivity index (χ1v) is 4.38. The molecule has 2 saturated carbocycles. The fourth-order valence-electron chi connectivity index (χ4n) is 2.73. The molecule has 2 aliphatic carbocycles. The fourth-order valence-corrected chi connectivity index (χ4v) is 2.73. The van der Waals surface area contributed by atoms with E-state index in [-0.39, 0.29) is 0 Å². The molecule has 9 heavy (non-hydrogen) atoms. The fraction of sp³-hybridized carbons (Fsp3) is 1.00. The van der Waals surface area contributed by atoms with Crippen molar-refractivity contribution in [3.63, 3.8) is 0 Å². The van der Waals surface area contributed by atoms with Crippen LogP contribution in [-0.2, 0) is 0 Å². The zero-order valence-electron chi connectivity index (χ0n) is 6.27. The van der Waals surface area contributed by atoms with Gasteiger partial charge in [0.1, 0.15) is 0 Å². The first kappa shape index (κ1) is 5.76. The minimum atomic E-state index is 1.08. The standard InChI is InChI=1S/C9H16/c1-7-6-8-4-2-3-5-9(7)8/h7-9H,2-6H2,1H3/t7-,8-,9-/m1/s1. The van der Waals surface area contributed by atoms with Gasteiger partial charge < -0.3 is 0 Å². The molecule has 0 heteroatoms. The van der Waals surface area contributed by atoms with Gasteiger partial charge in [-0.1, -0.05) is 26.2 Å². The lowest BCUT2D eigenvalue weighted by Gasteiger charge is -2.46. The van der Waals surface area contributed by atoms with Gasteiger partial charge in [0.05, 0.1) is 0 Å². The lowest BCUT2D eigenvalue weighted by molar-refractivity contribution is 0.0421. The molecule has 0 aromatic heterocycles. The molecule has 3 atom stereocenters. The third-order valence-electron chi connectivity index (χ3n) is 3.37. The average molecular weight is 124 g/mol. The second-order valence-electron chi connectivity index (χ2n) is 3.92. The van der Waals surface area contributed by atoms with Gasteiger partial charge in [-0.2, -0.15) is 0 Å². The molecule has 0 saturated heterocycles. The molecule has 0 unspecified atom stereocenters. The molecule has 0 spiro atoms. The van der Waals surface area contributed by atoms with Gasteiger partial charge in [0, 0.05) is 0 Å². The maximum Gasteiger partial charge on any atom is -0.0360 e. The molecule has 0 aromatic rings. The minimum Gasteiger partial charge on any atom is -0.0622 e. The number of hydrogen-bond acceptors (Lipinski definition) is 0. The van der Waals surface area contributed by atoms with Crippen LogP contribution in [0.15, 0.2) is 0 Å². The van der Waals surface area contributed by atoms with Crippen LogP contribution in [-0.4, -0.2) is 0 Å². The highest BCUT2D eigenvalue weighted by Crippen LogP contribution is 2.48. The Kier molecular flexibility index (Phi) is 1.28. The van der Waals surface area contributed by atoms with Crippen molar-refractivity contribution in [3.05, 3.63) is 0 Å². The van der Waals surface area contributed by atoms with Gasteiger partial charge in [-0.15, -0.1) is 0 Å². The molecule has 0 amide bonds. The van der Waals surface area contributed by atoms with Crippen LogP contribution >= 0.6 is 0 Å². The van der Waals surface area contributed by atoms with Crippen molar-refractivity contribution in [2.24, 2.45) is 17.8 Å². The molecular formula is C9H16. The molecule has 0 aliphatic heterocycles. The zero-order chi connectivity index (χ0) is 6.27. The molecule has 0 nitrogen and oxygen atoms in total. The first-order chi connectivity index (χ1) is 4.38. The van der Waals surface area contributed by atoms with Gasteiger partial charge in [-0.05, 0) is 30.6 Å². The van der Waals surface area contributed by atoms with Crippen LogP contribution in [0.3, 0.4) is 0 Å². The minimum absolute atomic E-state index is 1.08. The van der Waals surface area contributed by atoms with E-state index in [1.54, 1.807) is 19.3 Å². The van der Waals surface area contributed by atoms with Crippen LogP contribution in [0.2, 0.25) is 0 Å². The van der Waals surface area contributed by atoms with Crippen molar-refractivity contribution in [2.75, 3.05) is 0 Å². The van der Waals surface area contributed by atoms with Crippen molar-refractivity contribution in [1.82, 2.24) is 0 Å². The van der Waals surface area contributed by atoms with Crippen LogP contribution in [0.4, 0.5) is 0 Å². The molecule has 2 aliphatic rings. The van der Waals surface area contributed by atoms with Gasteiger partial charge in [-0.3, -0.25) is 0 Å². The summed E-state index contributed by atoms with van der Waals surface area (Å²) in [5.41, 5.74) is 0. The Morgan fingerprint density at radius 2 is 1.89 bits per heavy atom. The van der Waals surface area contributed by atoms with Crippen LogP contribution in [0.25, 0.3) is 0 Å². The lowest BCUT2D eigenvalue weighted by Crippen LogP contribution is -2.36. The van der Waals surface area contributed by atoms with Crippen molar-refractivity contribution in [2.45, 2.75) is 39.0 Å². The smallest absolute Gasteiger partial charge is 0.0360 e. The van der Waals surface area contributed by atoms with E-state index < -0.39 is 0 Å². The molecule has 2 fully saturated rings. The Hall–Kier alpha value is 0. The second-order valence-corrected chi connectivity index (χ2v) is 3.92. The molecule has 2 rings (SSSR count). The molecule has 0 bridgehead atoms. The van der Waals surface area contributed by atoms with E-state index in [0.29, 0.717) is 0 Å². The summed E-state index contributed by atoms with van der Waals surface area (Å²) in [7, 11) is 0. The molecule has 0 N–H and O–H groups in total. The van der Waals surface area contributed by atoms with Crippen molar-refractivity contribution >= 4 is 0 Å². The van der Waals surface area contributed by atoms with E-state index in [1.165, 1.54) is 12.8 Å². The van der Waals surface area contributed by atoms with Crippen LogP contribution < -0.4 is 0 Å². The molecule has 0 heterocycles. The largest absolute Gasteiger partial charge is 0.0622 e. The molecule has 0 radical (unpaired) electrons. The van der Waals surface area contributed by atoms with Gasteiger partial charge >= 0.3 is 0 Å². The third-order valence-corrected chi connectivity index (χ3v) is 3.37. The predicted octanol–water partition coefficient (Wildman–Crippen LogP) is 2.83. The first-order valence-electron chi connectivity index (χ1n) is 4.38. The van der Waals surface area contributed by atoms with Crippen molar-refractivity contribution in [3.8, 4) is 0 Å². The van der Waals surface area contributed by atoms with Crippen molar-refractivity contribution < 1.29 is 0 Å². The van der Waals surface area contributed by atoms with Crippen molar-refractivity contribution in [1.29, 1.82) is 0 Å². The third kappa shape index (κ3) is 0.798. The Balaban J connectivity index is 1.94. The Morgan fingerprint density at radius 3 is 2.44 bits per heavy atom. The number of hydrogen-bond donors (Lipinski definition) is 0. The number of rotatable bonds is 0. The van der Waals surface area contributed by atoms with Crippen LogP contribution in [0.5, 0.6) is 0 Å². The number of fused-ring (bicyclic) bond motifs is 1. The summed E-state index contributed by atoms with van der Waals surface area (Å²) in [5.74, 6) is 3.39. The van der Waals surface area contributed by atoms with Crippen LogP contribution in [0.1, 0.15) is 39.0 Å². The summed E-state index contributed by atoms with van der Waals surface area (Å²) in [5, 5.41) is 0. The van der Waals surface area contributed by atoms with Gasteiger partial charge in [0.25, 0.3) is 0 Å². The van der Waals surface area contributed by atoms with E-state index in [1.807, 2.05) is 0 Å². The lowest BCUT2D eigenvalue weighted by atomic mass is 9.59. The molecule has 0 aromatic carbocycles. The topological polar surface area (TPSA) is 0 Å². The normalized spacial score (nSPS) is 49.7. The van der Waals surface area contributed by atoms with Gasteiger partial charge in [0.15, 0.2) is 0 Å². The SMILES string of the molecule is C[C@@H]1C[C@H]2CCCC[C@@H]21. The summed E-state index contributed by atoms with van der Waals surface area (Å²) in [4.78, 5) is 0. The molecule has 52 valence electrons. The highest BCUT2D eigenvalue weighted by atomic mass is 14.4. The summed E-state index contributed by atoms with van der Waals surface area (Å²) < 4.78 is 0. The van der Waals surface area contributed by atoms with E-state index in [0.717, 1.165) is 17.8 Å². The van der Waals surface area contributed by atoms with Gasteiger partial charge in [0.2, 0.25) is 0 Å². The monoisotopic (exact) mass is 124 g/mol.